The van der Waals surface area contributed by atoms with Gasteiger partial charge in [-0.05, 0) is 31.0 Å². The molecule has 8 heteroatoms. The molecule has 2 amide bonds. The van der Waals surface area contributed by atoms with Crippen LogP contribution in [0, 0.1) is 0 Å². The van der Waals surface area contributed by atoms with E-state index in [4.69, 9.17) is 0 Å². The highest BCUT2D eigenvalue weighted by Crippen LogP contribution is 2.39. The number of hydrogen-bond donors (Lipinski definition) is 2. The number of rotatable bonds is 2. The number of carbonyl (C=O) groups excluding carboxylic acids is 2. The van der Waals surface area contributed by atoms with Gasteiger partial charge in [-0.1, -0.05) is 39.8 Å². The van der Waals surface area contributed by atoms with Crippen LogP contribution in [0.25, 0.3) is 10.9 Å². The Labute approximate surface area is 176 Å². The minimum Gasteiger partial charge on any atom is -0.311 e. The van der Waals surface area contributed by atoms with Gasteiger partial charge in [0.1, 0.15) is 0 Å². The quantitative estimate of drug-likeness (QED) is 0.721. The summed E-state index contributed by atoms with van der Waals surface area (Å²) in [6.07, 6.45) is 1.05. The standard InChI is InChI=1S/C18H20F2N4O2.2C2H6/c1-24-14-8-10(13-6-7-21-9-18(13,19)20)2-3-11(14)16(23-24)12-4-5-15(25)22-17(12)26;2*1-2/h2-3,8,12-13,21H,4-7,9H2,1H3,(H,22,25,26);2*1-2H3. The third-order valence-electron chi connectivity index (χ3n) is 5.36. The summed E-state index contributed by atoms with van der Waals surface area (Å²) in [6, 6.07) is 5.24. The highest BCUT2D eigenvalue weighted by Gasteiger charge is 2.42. The van der Waals surface area contributed by atoms with Crippen LogP contribution in [0.4, 0.5) is 8.78 Å². The maximum Gasteiger partial charge on any atom is 0.267 e. The zero-order chi connectivity index (χ0) is 22.5. The predicted octanol–water partition coefficient (Wildman–Crippen LogP) is 3.86. The molecular weight excluding hydrogens is 390 g/mol. The Bertz CT molecular complexity index is 895. The monoisotopic (exact) mass is 422 g/mol. The molecule has 0 bridgehead atoms. The number of piperidine rings is 2. The Morgan fingerprint density at radius 3 is 2.47 bits per heavy atom. The van der Waals surface area contributed by atoms with Crippen LogP contribution < -0.4 is 10.6 Å². The molecule has 3 heterocycles. The Morgan fingerprint density at radius 2 is 1.83 bits per heavy atom. The number of carbonyl (C=O) groups is 2. The molecule has 30 heavy (non-hydrogen) atoms. The number of nitrogens with one attached hydrogen (secondary N) is 2. The molecule has 0 saturated carbocycles. The number of imide groups is 1. The SMILES string of the molecule is CC.CC.Cn1nc(C2CCC(=O)NC2=O)c2ccc(C3CCNCC3(F)F)cc21. The fourth-order valence-corrected chi connectivity index (χ4v) is 3.98. The summed E-state index contributed by atoms with van der Waals surface area (Å²) in [6.45, 7) is 8.24. The summed E-state index contributed by atoms with van der Waals surface area (Å²) in [5, 5.41) is 10.3. The average Bonchev–Trinajstić information content (AvgIpc) is 3.06. The van der Waals surface area contributed by atoms with Crippen LogP contribution >= 0.6 is 0 Å². The molecule has 0 aliphatic carbocycles. The molecule has 2 aliphatic heterocycles. The van der Waals surface area contributed by atoms with Gasteiger partial charge >= 0.3 is 0 Å². The summed E-state index contributed by atoms with van der Waals surface area (Å²) in [4.78, 5) is 23.5. The van der Waals surface area contributed by atoms with Crippen molar-refractivity contribution in [2.75, 3.05) is 13.1 Å². The van der Waals surface area contributed by atoms with Crippen molar-refractivity contribution in [3.05, 3.63) is 29.5 Å². The van der Waals surface area contributed by atoms with Crippen LogP contribution in [0.15, 0.2) is 18.2 Å². The van der Waals surface area contributed by atoms with Gasteiger partial charge in [0.2, 0.25) is 11.8 Å². The smallest absolute Gasteiger partial charge is 0.267 e. The fourth-order valence-electron chi connectivity index (χ4n) is 3.98. The first-order valence-electron chi connectivity index (χ1n) is 10.8. The van der Waals surface area contributed by atoms with Gasteiger partial charge in [0.25, 0.3) is 5.92 Å². The van der Waals surface area contributed by atoms with Crippen LogP contribution in [0.3, 0.4) is 0 Å². The third kappa shape index (κ3) is 4.69. The molecular formula is C22H32F2N4O2. The van der Waals surface area contributed by atoms with E-state index < -0.39 is 17.8 Å². The molecule has 2 aliphatic rings. The minimum atomic E-state index is -2.79. The Balaban J connectivity index is 0.000000757. The molecule has 2 saturated heterocycles. The molecule has 1 aromatic heterocycles. The molecule has 166 valence electrons. The van der Waals surface area contributed by atoms with Gasteiger partial charge in [-0.3, -0.25) is 19.6 Å². The van der Waals surface area contributed by atoms with Crippen molar-refractivity contribution in [2.45, 2.75) is 64.7 Å². The molecule has 0 spiro atoms. The van der Waals surface area contributed by atoms with Gasteiger partial charge in [-0.15, -0.1) is 0 Å². The van der Waals surface area contributed by atoms with Gasteiger partial charge in [-0.25, -0.2) is 8.78 Å². The number of aromatic nitrogens is 2. The van der Waals surface area contributed by atoms with Crippen molar-refractivity contribution in [1.82, 2.24) is 20.4 Å². The van der Waals surface area contributed by atoms with E-state index in [2.05, 4.69) is 15.7 Å². The second-order valence-corrected chi connectivity index (χ2v) is 7.07. The zero-order valence-electron chi connectivity index (χ0n) is 18.4. The Kier molecular flexibility index (Phi) is 8.06. The van der Waals surface area contributed by atoms with Crippen LogP contribution in [0.5, 0.6) is 0 Å². The van der Waals surface area contributed by atoms with E-state index in [9.17, 15) is 18.4 Å². The number of halogens is 2. The van der Waals surface area contributed by atoms with E-state index >= 15 is 0 Å². The number of benzene rings is 1. The predicted molar refractivity (Wildman–Crippen MR) is 114 cm³/mol. The molecule has 2 unspecified atom stereocenters. The number of alkyl halides is 2. The van der Waals surface area contributed by atoms with Crippen molar-refractivity contribution in [1.29, 1.82) is 0 Å². The van der Waals surface area contributed by atoms with Gasteiger partial charge in [0, 0.05) is 18.9 Å². The summed E-state index contributed by atoms with van der Waals surface area (Å²) in [7, 11) is 1.74. The second kappa shape index (κ2) is 10.1. The summed E-state index contributed by atoms with van der Waals surface area (Å²) in [5.74, 6) is -4.75. The first-order valence-corrected chi connectivity index (χ1v) is 10.8. The Morgan fingerprint density at radius 1 is 1.13 bits per heavy atom. The number of aryl methyl sites for hydroxylation is 1. The lowest BCUT2D eigenvalue weighted by Gasteiger charge is -2.32. The topological polar surface area (TPSA) is 76.0 Å². The van der Waals surface area contributed by atoms with Crippen LogP contribution in [-0.4, -0.2) is 40.6 Å². The molecule has 2 fully saturated rings. The van der Waals surface area contributed by atoms with Crippen molar-refractivity contribution in [2.24, 2.45) is 7.05 Å². The van der Waals surface area contributed by atoms with E-state index in [0.29, 0.717) is 30.6 Å². The van der Waals surface area contributed by atoms with Crippen LogP contribution in [0.2, 0.25) is 0 Å². The highest BCUT2D eigenvalue weighted by atomic mass is 19.3. The van der Waals surface area contributed by atoms with Crippen molar-refractivity contribution >= 4 is 22.7 Å². The maximum atomic E-state index is 14.3. The lowest BCUT2D eigenvalue weighted by molar-refractivity contribution is -0.134. The number of hydrogen-bond acceptors (Lipinski definition) is 4. The molecule has 2 atom stereocenters. The first-order chi connectivity index (χ1) is 14.4. The molecule has 1 aromatic carbocycles. The maximum absolute atomic E-state index is 14.3. The lowest BCUT2D eigenvalue weighted by atomic mass is 9.86. The van der Waals surface area contributed by atoms with Gasteiger partial charge < -0.3 is 5.32 Å². The zero-order valence-corrected chi connectivity index (χ0v) is 18.4. The van der Waals surface area contributed by atoms with Gasteiger partial charge in [0.15, 0.2) is 0 Å². The molecule has 6 nitrogen and oxygen atoms in total. The van der Waals surface area contributed by atoms with Crippen molar-refractivity contribution < 1.29 is 18.4 Å². The largest absolute Gasteiger partial charge is 0.311 e. The summed E-state index contributed by atoms with van der Waals surface area (Å²) >= 11 is 0. The van der Waals surface area contributed by atoms with Gasteiger partial charge in [-0.2, -0.15) is 5.10 Å². The number of amides is 2. The highest BCUT2D eigenvalue weighted by molar-refractivity contribution is 6.02. The molecule has 2 aromatic rings. The van der Waals surface area contributed by atoms with Crippen LogP contribution in [-0.2, 0) is 16.6 Å². The number of nitrogens with zero attached hydrogens (tertiary/aromatic N) is 2. The summed E-state index contributed by atoms with van der Waals surface area (Å²) < 4.78 is 30.2. The van der Waals surface area contributed by atoms with Crippen molar-refractivity contribution in [3.8, 4) is 0 Å². The number of fused-ring (bicyclic) bond motifs is 1. The van der Waals surface area contributed by atoms with E-state index in [0.717, 1.165) is 10.9 Å². The molecule has 2 N–H and O–H groups in total. The lowest BCUT2D eigenvalue weighted by Crippen LogP contribution is -2.44. The fraction of sp³-hybridized carbons (Fsp3) is 0.591. The van der Waals surface area contributed by atoms with E-state index in [-0.39, 0.29) is 24.8 Å². The first kappa shape index (κ1) is 23.9. The average molecular weight is 423 g/mol. The van der Waals surface area contributed by atoms with Crippen molar-refractivity contribution in [3.63, 3.8) is 0 Å². The summed E-state index contributed by atoms with van der Waals surface area (Å²) in [5.41, 5.74) is 1.90. The van der Waals surface area contributed by atoms with E-state index in [1.165, 1.54) is 0 Å². The van der Waals surface area contributed by atoms with Crippen LogP contribution in [0.1, 0.15) is 70.1 Å². The van der Waals surface area contributed by atoms with E-state index in [1.54, 1.807) is 29.9 Å². The molecule has 0 radical (unpaired) electrons. The van der Waals surface area contributed by atoms with Gasteiger partial charge in [0.05, 0.1) is 29.6 Å². The Hall–Kier alpha value is -2.35. The normalized spacial score (nSPS) is 23.0. The molecule has 4 rings (SSSR count). The minimum absolute atomic E-state index is 0.272. The third-order valence-corrected chi connectivity index (χ3v) is 5.36. The van der Waals surface area contributed by atoms with E-state index in [1.807, 2.05) is 27.7 Å². The second-order valence-electron chi connectivity index (χ2n) is 7.07.